The Bertz CT molecular complexity index is 2810. The molecule has 230 valence electrons. The van der Waals surface area contributed by atoms with E-state index in [0.29, 0.717) is 0 Å². The highest BCUT2D eigenvalue weighted by Crippen LogP contribution is 2.44. The highest BCUT2D eigenvalue weighted by molar-refractivity contribution is 7.26. The number of nitrogens with zero attached hydrogens (tertiary/aromatic N) is 2. The van der Waals surface area contributed by atoms with Crippen LogP contribution in [0.2, 0.25) is 0 Å². The van der Waals surface area contributed by atoms with Crippen LogP contribution in [-0.4, -0.2) is 4.98 Å². The van der Waals surface area contributed by atoms with E-state index in [9.17, 15) is 0 Å². The summed E-state index contributed by atoms with van der Waals surface area (Å²) in [5, 5.41) is 6.99. The first-order chi connectivity index (χ1) is 24.3. The van der Waals surface area contributed by atoms with Gasteiger partial charge in [-0.2, -0.15) is 0 Å². The summed E-state index contributed by atoms with van der Waals surface area (Å²) in [5.41, 5.74) is 8.51. The fraction of sp³-hybridized carbons (Fsp3) is 0. The summed E-state index contributed by atoms with van der Waals surface area (Å²) >= 11 is 1.86. The van der Waals surface area contributed by atoms with Crippen LogP contribution in [-0.2, 0) is 0 Å². The van der Waals surface area contributed by atoms with Crippen molar-refractivity contribution in [2.75, 3.05) is 4.90 Å². The fourth-order valence-corrected chi connectivity index (χ4v) is 8.39. The maximum absolute atomic E-state index is 6.48. The second-order valence-corrected chi connectivity index (χ2v) is 13.4. The van der Waals surface area contributed by atoms with E-state index in [0.717, 1.165) is 44.5 Å². The van der Waals surface area contributed by atoms with E-state index >= 15 is 0 Å². The number of fused-ring (bicyclic) bond motifs is 7. The number of hydrogen-bond donors (Lipinski definition) is 0. The summed E-state index contributed by atoms with van der Waals surface area (Å²) in [6, 6.07) is 58.2. The number of furan rings is 1. The number of hydrogen-bond acceptors (Lipinski definition) is 4. The van der Waals surface area contributed by atoms with Gasteiger partial charge in [-0.15, -0.1) is 11.3 Å². The smallest absolute Gasteiger partial charge is 0.149 e. The third-order valence-corrected chi connectivity index (χ3v) is 10.7. The quantitative estimate of drug-likeness (QED) is 0.187. The van der Waals surface area contributed by atoms with E-state index in [4.69, 9.17) is 9.40 Å². The van der Waals surface area contributed by atoms with Crippen molar-refractivity contribution in [2.24, 2.45) is 0 Å². The second-order valence-electron chi connectivity index (χ2n) is 12.4. The Balaban J connectivity index is 1.15. The summed E-state index contributed by atoms with van der Waals surface area (Å²) in [5.74, 6) is 0.832. The van der Waals surface area contributed by atoms with Gasteiger partial charge >= 0.3 is 0 Å². The van der Waals surface area contributed by atoms with Gasteiger partial charge in [-0.05, 0) is 81.6 Å². The van der Waals surface area contributed by atoms with Crippen LogP contribution < -0.4 is 4.90 Å². The first-order valence-corrected chi connectivity index (χ1v) is 17.3. The van der Waals surface area contributed by atoms with Gasteiger partial charge in [0.05, 0.1) is 5.39 Å². The van der Waals surface area contributed by atoms with Crippen molar-refractivity contribution in [1.82, 2.24) is 4.98 Å². The Morgan fingerprint density at radius 1 is 0.490 bits per heavy atom. The average Bonchev–Trinajstić information content (AvgIpc) is 3.73. The molecule has 49 heavy (non-hydrogen) atoms. The van der Waals surface area contributed by atoms with Gasteiger partial charge in [-0.1, -0.05) is 115 Å². The summed E-state index contributed by atoms with van der Waals surface area (Å²) < 4.78 is 9.10. The molecular formula is C45H28N2OS. The third kappa shape index (κ3) is 4.61. The average molecular weight is 645 g/mol. The number of anilines is 3. The van der Waals surface area contributed by atoms with E-state index in [1.165, 1.54) is 47.8 Å². The molecule has 7 aromatic carbocycles. The summed E-state index contributed by atoms with van der Waals surface area (Å²) in [6.07, 6.45) is 1.85. The Labute approximate surface area is 286 Å². The van der Waals surface area contributed by atoms with Crippen LogP contribution in [0, 0.1) is 0 Å². The molecule has 10 rings (SSSR count). The summed E-state index contributed by atoms with van der Waals surface area (Å²) in [6.45, 7) is 0. The molecule has 0 aliphatic heterocycles. The lowest BCUT2D eigenvalue weighted by molar-refractivity contribution is 0.669. The Kier molecular flexibility index (Phi) is 6.36. The predicted molar refractivity (Wildman–Crippen MR) is 207 cm³/mol. The highest BCUT2D eigenvalue weighted by atomic mass is 32.1. The van der Waals surface area contributed by atoms with Gasteiger partial charge in [-0.25, -0.2) is 4.98 Å². The Morgan fingerprint density at radius 3 is 1.94 bits per heavy atom. The number of rotatable bonds is 5. The zero-order valence-electron chi connectivity index (χ0n) is 26.4. The zero-order valence-corrected chi connectivity index (χ0v) is 27.2. The molecule has 0 amide bonds. The zero-order chi connectivity index (χ0) is 32.3. The van der Waals surface area contributed by atoms with Crippen LogP contribution in [0.1, 0.15) is 0 Å². The number of pyridine rings is 1. The van der Waals surface area contributed by atoms with Crippen LogP contribution >= 0.6 is 11.3 Å². The molecule has 0 bridgehead atoms. The van der Waals surface area contributed by atoms with Crippen LogP contribution in [0.5, 0.6) is 0 Å². The second kappa shape index (κ2) is 11.2. The topological polar surface area (TPSA) is 29.3 Å². The van der Waals surface area contributed by atoms with E-state index in [1.807, 2.05) is 23.6 Å². The lowest BCUT2D eigenvalue weighted by Gasteiger charge is -2.25. The first kappa shape index (κ1) is 27.8. The summed E-state index contributed by atoms with van der Waals surface area (Å²) in [4.78, 5) is 7.31. The molecule has 0 radical (unpaired) electrons. The lowest BCUT2D eigenvalue weighted by atomic mass is 10.0. The van der Waals surface area contributed by atoms with Crippen molar-refractivity contribution < 1.29 is 4.42 Å². The van der Waals surface area contributed by atoms with Crippen LogP contribution in [0.25, 0.3) is 75.1 Å². The Hall–Kier alpha value is -6.23. The molecule has 0 aliphatic rings. The minimum absolute atomic E-state index is 0.814. The maximum atomic E-state index is 6.48. The van der Waals surface area contributed by atoms with Crippen molar-refractivity contribution >= 4 is 81.4 Å². The van der Waals surface area contributed by atoms with E-state index in [-0.39, 0.29) is 0 Å². The van der Waals surface area contributed by atoms with E-state index < -0.39 is 0 Å². The van der Waals surface area contributed by atoms with Gasteiger partial charge in [0.25, 0.3) is 0 Å². The first-order valence-electron chi connectivity index (χ1n) is 16.4. The standard InChI is InChI=1S/C45H28N2OS/c1-2-9-29(10-3-1)30-17-21-34(22-18-30)47(45-43-39-27-32-11-4-5-12-33(32)28-41(39)48-40(43)25-26-46-45)35-23-19-31(20-24-35)36-14-8-15-38-37-13-6-7-16-42(37)49-44(36)38/h1-28H. The molecule has 0 saturated carbocycles. The SMILES string of the molecule is c1ccc(-c2ccc(N(c3ccc(-c4cccc5c4sc4ccccc45)cc3)c3nccc4oc5cc6ccccc6cc5c34)cc2)cc1. The van der Waals surface area contributed by atoms with E-state index in [1.54, 1.807) is 0 Å². The van der Waals surface area contributed by atoms with Crippen molar-refractivity contribution in [3.63, 3.8) is 0 Å². The van der Waals surface area contributed by atoms with Crippen molar-refractivity contribution in [3.05, 3.63) is 170 Å². The molecule has 0 saturated heterocycles. The Morgan fingerprint density at radius 2 is 1.14 bits per heavy atom. The minimum atomic E-state index is 0.814. The molecule has 3 heterocycles. The normalized spacial score (nSPS) is 11.7. The van der Waals surface area contributed by atoms with E-state index in [2.05, 4.69) is 163 Å². The number of aromatic nitrogens is 1. The number of thiophene rings is 1. The van der Waals surface area contributed by atoms with Crippen molar-refractivity contribution in [1.29, 1.82) is 0 Å². The molecule has 0 N–H and O–H groups in total. The predicted octanol–water partition coefficient (Wildman–Crippen LogP) is 13.3. The maximum Gasteiger partial charge on any atom is 0.149 e. The monoisotopic (exact) mass is 644 g/mol. The molecule has 0 unspecified atom stereocenters. The van der Waals surface area contributed by atoms with Crippen molar-refractivity contribution in [3.8, 4) is 22.3 Å². The third-order valence-electron chi connectivity index (χ3n) is 9.52. The molecule has 10 aromatic rings. The lowest BCUT2D eigenvalue weighted by Crippen LogP contribution is -2.11. The van der Waals surface area contributed by atoms with Gasteiger partial charge in [0.15, 0.2) is 0 Å². The largest absolute Gasteiger partial charge is 0.456 e. The van der Waals surface area contributed by atoms with Gasteiger partial charge < -0.3 is 4.42 Å². The van der Waals surface area contributed by atoms with Gasteiger partial charge in [0.1, 0.15) is 17.0 Å². The molecule has 0 aliphatic carbocycles. The minimum Gasteiger partial charge on any atom is -0.456 e. The van der Waals surface area contributed by atoms with Crippen LogP contribution in [0.15, 0.2) is 174 Å². The van der Waals surface area contributed by atoms with Gasteiger partial charge in [0.2, 0.25) is 0 Å². The molecule has 4 heteroatoms. The highest BCUT2D eigenvalue weighted by Gasteiger charge is 2.22. The van der Waals surface area contributed by atoms with Crippen LogP contribution in [0.3, 0.4) is 0 Å². The molecule has 0 atom stereocenters. The van der Waals surface area contributed by atoms with Gasteiger partial charge in [0, 0.05) is 43.1 Å². The summed E-state index contributed by atoms with van der Waals surface area (Å²) in [7, 11) is 0. The molecule has 3 nitrogen and oxygen atoms in total. The molecular weight excluding hydrogens is 617 g/mol. The van der Waals surface area contributed by atoms with Gasteiger partial charge in [-0.3, -0.25) is 4.90 Å². The molecule has 3 aromatic heterocycles. The molecule has 0 spiro atoms. The van der Waals surface area contributed by atoms with Crippen molar-refractivity contribution in [2.45, 2.75) is 0 Å². The number of benzene rings is 7. The van der Waals surface area contributed by atoms with Crippen LogP contribution in [0.4, 0.5) is 17.2 Å². The molecule has 0 fully saturated rings. The fourth-order valence-electron chi connectivity index (χ4n) is 7.15.